The molecular formula is C27H25ClN4O3S. The fourth-order valence-corrected chi connectivity index (χ4v) is 6.45. The molecule has 0 radical (unpaired) electrons. The standard InChI is InChI=1S/C27H25ClN4O3S/c1-18-15-20-16-19(7-10-26(20)32(18)36(34,35)22-5-3-2-4-6-22)27(33)31-14-13-30-24-11-12-29-25-17-21(28)8-9-23(24)25/h2-12,16-18H,13-15H2,1H3,(H,29,30)(H,31,33)/t18-/m1/s1. The van der Waals surface area contributed by atoms with Crippen molar-refractivity contribution in [2.45, 2.75) is 24.3 Å². The number of carbonyl (C=O) groups excluding carboxylic acids is 1. The van der Waals surface area contributed by atoms with Crippen molar-refractivity contribution in [3.8, 4) is 0 Å². The first-order valence-corrected chi connectivity index (χ1v) is 13.4. The molecule has 2 heterocycles. The lowest BCUT2D eigenvalue weighted by Crippen LogP contribution is -2.35. The molecule has 0 saturated heterocycles. The average molecular weight is 521 g/mol. The molecule has 1 atom stereocenters. The van der Waals surface area contributed by atoms with Gasteiger partial charge in [-0.3, -0.25) is 14.1 Å². The van der Waals surface area contributed by atoms with Gasteiger partial charge in [0.15, 0.2) is 0 Å². The maximum absolute atomic E-state index is 13.2. The number of anilines is 2. The number of carbonyl (C=O) groups is 1. The highest BCUT2D eigenvalue weighted by molar-refractivity contribution is 7.92. The van der Waals surface area contributed by atoms with Gasteiger partial charge in [0, 0.05) is 47.0 Å². The molecule has 9 heteroatoms. The summed E-state index contributed by atoms with van der Waals surface area (Å²) in [4.78, 5) is 17.4. The smallest absolute Gasteiger partial charge is 0.264 e. The van der Waals surface area contributed by atoms with Crippen molar-refractivity contribution in [1.29, 1.82) is 0 Å². The molecule has 2 N–H and O–H groups in total. The van der Waals surface area contributed by atoms with Crippen LogP contribution in [-0.4, -0.2) is 38.4 Å². The maximum atomic E-state index is 13.2. The van der Waals surface area contributed by atoms with Gasteiger partial charge in [-0.15, -0.1) is 0 Å². The normalized spacial score (nSPS) is 15.1. The molecule has 0 saturated carbocycles. The Balaban J connectivity index is 1.24. The Morgan fingerprint density at radius 1 is 1.06 bits per heavy atom. The van der Waals surface area contributed by atoms with E-state index in [-0.39, 0.29) is 16.8 Å². The van der Waals surface area contributed by atoms with Crippen LogP contribution in [-0.2, 0) is 16.4 Å². The third kappa shape index (κ3) is 4.62. The summed E-state index contributed by atoms with van der Waals surface area (Å²) in [6, 6.07) is 20.8. The molecule has 4 aromatic rings. The molecule has 36 heavy (non-hydrogen) atoms. The number of hydrogen-bond donors (Lipinski definition) is 2. The van der Waals surface area contributed by atoms with Crippen LogP contribution in [0.15, 0.2) is 83.9 Å². The van der Waals surface area contributed by atoms with Gasteiger partial charge in [0.1, 0.15) is 0 Å². The van der Waals surface area contributed by atoms with E-state index in [0.717, 1.165) is 22.2 Å². The van der Waals surface area contributed by atoms with Gasteiger partial charge in [-0.25, -0.2) is 8.42 Å². The van der Waals surface area contributed by atoms with Gasteiger partial charge in [-0.1, -0.05) is 29.8 Å². The van der Waals surface area contributed by atoms with Gasteiger partial charge in [0.2, 0.25) is 0 Å². The highest BCUT2D eigenvalue weighted by Crippen LogP contribution is 2.37. The number of fused-ring (bicyclic) bond motifs is 2. The Labute approximate surface area is 215 Å². The van der Waals surface area contributed by atoms with Crippen molar-refractivity contribution < 1.29 is 13.2 Å². The first-order valence-electron chi connectivity index (χ1n) is 11.6. The van der Waals surface area contributed by atoms with Crippen LogP contribution >= 0.6 is 11.6 Å². The topological polar surface area (TPSA) is 91.4 Å². The fourth-order valence-electron chi connectivity index (χ4n) is 4.57. The predicted octanol–water partition coefficient (Wildman–Crippen LogP) is 4.87. The zero-order chi connectivity index (χ0) is 25.3. The molecule has 0 unspecified atom stereocenters. The van der Waals surface area contributed by atoms with E-state index in [1.165, 1.54) is 4.31 Å². The van der Waals surface area contributed by atoms with E-state index in [4.69, 9.17) is 11.6 Å². The van der Waals surface area contributed by atoms with E-state index in [2.05, 4.69) is 15.6 Å². The second-order valence-corrected chi connectivity index (χ2v) is 11.0. The number of sulfonamides is 1. The number of nitrogens with zero attached hydrogens (tertiary/aromatic N) is 2. The molecule has 0 spiro atoms. The molecule has 1 amide bonds. The highest BCUT2D eigenvalue weighted by Gasteiger charge is 2.36. The summed E-state index contributed by atoms with van der Waals surface area (Å²) in [7, 11) is -3.68. The molecule has 7 nitrogen and oxygen atoms in total. The molecular weight excluding hydrogens is 496 g/mol. The highest BCUT2D eigenvalue weighted by atomic mass is 35.5. The minimum Gasteiger partial charge on any atom is -0.383 e. The van der Waals surface area contributed by atoms with E-state index >= 15 is 0 Å². The number of nitrogens with one attached hydrogen (secondary N) is 2. The van der Waals surface area contributed by atoms with Crippen LogP contribution in [0.4, 0.5) is 11.4 Å². The number of hydrogen-bond acceptors (Lipinski definition) is 5. The zero-order valence-electron chi connectivity index (χ0n) is 19.6. The summed E-state index contributed by atoms with van der Waals surface area (Å²) in [5.74, 6) is -0.206. The van der Waals surface area contributed by atoms with Gasteiger partial charge in [0.25, 0.3) is 15.9 Å². The van der Waals surface area contributed by atoms with Gasteiger partial charge in [-0.05, 0) is 73.5 Å². The number of pyridine rings is 1. The fraction of sp³-hybridized carbons (Fsp3) is 0.185. The van der Waals surface area contributed by atoms with E-state index in [1.807, 2.05) is 31.2 Å². The predicted molar refractivity (Wildman–Crippen MR) is 143 cm³/mol. The molecule has 0 fully saturated rings. The Kier molecular flexibility index (Phi) is 6.55. The minimum atomic E-state index is -3.68. The second-order valence-electron chi connectivity index (χ2n) is 8.71. The van der Waals surface area contributed by atoms with Gasteiger partial charge in [0.05, 0.1) is 16.1 Å². The van der Waals surface area contributed by atoms with Crippen molar-refractivity contribution >= 4 is 49.8 Å². The molecule has 1 aliphatic heterocycles. The minimum absolute atomic E-state index is 0.206. The molecule has 184 valence electrons. The first-order chi connectivity index (χ1) is 17.3. The lowest BCUT2D eigenvalue weighted by molar-refractivity contribution is 0.0955. The zero-order valence-corrected chi connectivity index (χ0v) is 21.2. The van der Waals surface area contributed by atoms with Crippen LogP contribution in [0.5, 0.6) is 0 Å². The third-order valence-corrected chi connectivity index (χ3v) is 8.40. The van der Waals surface area contributed by atoms with Crippen molar-refractivity contribution in [3.05, 3.63) is 95.1 Å². The van der Waals surface area contributed by atoms with Crippen LogP contribution in [0.1, 0.15) is 22.8 Å². The second kappa shape index (κ2) is 9.79. The summed E-state index contributed by atoms with van der Waals surface area (Å²) in [6.45, 7) is 2.82. The summed E-state index contributed by atoms with van der Waals surface area (Å²) in [5.41, 5.74) is 3.68. The van der Waals surface area contributed by atoms with Gasteiger partial charge >= 0.3 is 0 Å². The Morgan fingerprint density at radius 3 is 2.67 bits per heavy atom. The Morgan fingerprint density at radius 2 is 1.86 bits per heavy atom. The summed E-state index contributed by atoms with van der Waals surface area (Å²) in [6.07, 6.45) is 2.26. The van der Waals surface area contributed by atoms with Crippen molar-refractivity contribution in [2.75, 3.05) is 22.7 Å². The van der Waals surface area contributed by atoms with E-state index in [9.17, 15) is 13.2 Å². The van der Waals surface area contributed by atoms with Crippen molar-refractivity contribution in [1.82, 2.24) is 10.3 Å². The number of benzene rings is 3. The first kappa shape index (κ1) is 24.1. The quantitative estimate of drug-likeness (QED) is 0.339. The molecule has 3 aromatic carbocycles. The van der Waals surface area contributed by atoms with E-state index < -0.39 is 10.0 Å². The van der Waals surface area contributed by atoms with E-state index in [1.54, 1.807) is 54.7 Å². The Bertz CT molecular complexity index is 1540. The monoisotopic (exact) mass is 520 g/mol. The van der Waals surface area contributed by atoms with Gasteiger partial charge in [-0.2, -0.15) is 0 Å². The molecule has 5 rings (SSSR count). The summed E-state index contributed by atoms with van der Waals surface area (Å²) in [5, 5.41) is 7.84. The van der Waals surface area contributed by atoms with Gasteiger partial charge < -0.3 is 10.6 Å². The maximum Gasteiger partial charge on any atom is 0.264 e. The molecule has 1 aromatic heterocycles. The van der Waals surface area contributed by atoms with Crippen LogP contribution in [0.25, 0.3) is 10.9 Å². The third-order valence-electron chi connectivity index (χ3n) is 6.23. The van der Waals surface area contributed by atoms with Crippen LogP contribution in [0.3, 0.4) is 0 Å². The number of amides is 1. The van der Waals surface area contributed by atoms with Crippen LogP contribution in [0.2, 0.25) is 5.02 Å². The van der Waals surface area contributed by atoms with Crippen molar-refractivity contribution in [2.24, 2.45) is 0 Å². The lowest BCUT2D eigenvalue weighted by atomic mass is 10.1. The number of aromatic nitrogens is 1. The number of halogens is 1. The van der Waals surface area contributed by atoms with Crippen LogP contribution < -0.4 is 14.9 Å². The SMILES string of the molecule is C[C@@H]1Cc2cc(C(=O)NCCNc3ccnc4cc(Cl)ccc34)ccc2N1S(=O)(=O)c1ccccc1. The average Bonchev–Trinajstić information content (AvgIpc) is 3.22. The largest absolute Gasteiger partial charge is 0.383 e. The summed E-state index contributed by atoms with van der Waals surface area (Å²) >= 11 is 6.05. The van der Waals surface area contributed by atoms with Crippen molar-refractivity contribution in [3.63, 3.8) is 0 Å². The molecule has 0 bridgehead atoms. The molecule has 1 aliphatic rings. The summed E-state index contributed by atoms with van der Waals surface area (Å²) < 4.78 is 27.9. The Hall–Kier alpha value is -3.62. The van der Waals surface area contributed by atoms with Crippen LogP contribution in [0, 0.1) is 0 Å². The molecule has 0 aliphatic carbocycles. The number of rotatable bonds is 7. The lowest BCUT2D eigenvalue weighted by Gasteiger charge is -2.24. The van der Waals surface area contributed by atoms with E-state index in [0.29, 0.717) is 35.8 Å².